The van der Waals surface area contributed by atoms with Crippen molar-refractivity contribution in [3.8, 4) is 11.5 Å². The van der Waals surface area contributed by atoms with Gasteiger partial charge in [0.05, 0.1) is 19.8 Å². The predicted octanol–water partition coefficient (Wildman–Crippen LogP) is 3.55. The van der Waals surface area contributed by atoms with E-state index in [2.05, 4.69) is 22.9 Å². The summed E-state index contributed by atoms with van der Waals surface area (Å²) in [5.41, 5.74) is 1.72. The Labute approximate surface area is 109 Å². The van der Waals surface area contributed by atoms with Gasteiger partial charge in [-0.2, -0.15) is 0 Å². The van der Waals surface area contributed by atoms with Gasteiger partial charge in [0.1, 0.15) is 0 Å². The van der Waals surface area contributed by atoms with E-state index < -0.39 is 0 Å². The van der Waals surface area contributed by atoms with Crippen molar-refractivity contribution >= 4 is 21.7 Å². The molecule has 0 heterocycles. The average Bonchev–Trinajstić information content (AvgIpc) is 2.32. The molecule has 0 fully saturated rings. The first-order chi connectivity index (χ1) is 8.10. The van der Waals surface area contributed by atoms with Crippen LogP contribution in [0, 0.1) is 0 Å². The van der Waals surface area contributed by atoms with Crippen molar-refractivity contribution in [3.05, 3.63) is 21.7 Å². The van der Waals surface area contributed by atoms with E-state index >= 15 is 0 Å². The van der Waals surface area contributed by atoms with Crippen LogP contribution >= 0.6 is 15.9 Å². The fraction of sp³-hybridized carbons (Fsp3) is 0.462. The number of fused-ring (bicyclic) bond motifs is 1. The molecule has 1 atom stereocenters. The van der Waals surface area contributed by atoms with Gasteiger partial charge in [0.2, 0.25) is 0 Å². The molecule has 3 nitrogen and oxygen atoms in total. The summed E-state index contributed by atoms with van der Waals surface area (Å²) >= 11 is 3.52. The van der Waals surface area contributed by atoms with Crippen LogP contribution in [0.15, 0.2) is 10.5 Å². The minimum Gasteiger partial charge on any atom is -0.493 e. The van der Waals surface area contributed by atoms with Crippen molar-refractivity contribution < 1.29 is 14.3 Å². The van der Waals surface area contributed by atoms with E-state index in [0.717, 1.165) is 16.5 Å². The highest BCUT2D eigenvalue weighted by molar-refractivity contribution is 9.10. The van der Waals surface area contributed by atoms with Gasteiger partial charge in [-0.15, -0.1) is 0 Å². The van der Waals surface area contributed by atoms with Crippen molar-refractivity contribution in [2.24, 2.45) is 0 Å². The van der Waals surface area contributed by atoms with Gasteiger partial charge in [0, 0.05) is 10.9 Å². The molecule has 1 aromatic rings. The van der Waals surface area contributed by atoms with Crippen LogP contribution in [0.1, 0.15) is 41.6 Å². The summed E-state index contributed by atoms with van der Waals surface area (Å²) in [7, 11) is 3.14. The van der Waals surface area contributed by atoms with Crippen LogP contribution in [0.5, 0.6) is 11.5 Å². The molecule has 0 aromatic heterocycles. The average molecular weight is 299 g/mol. The maximum atomic E-state index is 12.1. The third-order valence-electron chi connectivity index (χ3n) is 3.24. The lowest BCUT2D eigenvalue weighted by molar-refractivity contribution is 0.0963. The van der Waals surface area contributed by atoms with E-state index in [1.54, 1.807) is 14.2 Å². The molecule has 1 unspecified atom stereocenters. The molecule has 0 aliphatic heterocycles. The smallest absolute Gasteiger partial charge is 0.171 e. The number of hydrogen-bond acceptors (Lipinski definition) is 3. The van der Waals surface area contributed by atoms with Gasteiger partial charge in [-0.25, -0.2) is 0 Å². The second-order valence-corrected chi connectivity index (χ2v) is 5.10. The highest BCUT2D eigenvalue weighted by Gasteiger charge is 2.30. The van der Waals surface area contributed by atoms with Gasteiger partial charge in [0.15, 0.2) is 17.3 Å². The van der Waals surface area contributed by atoms with Crippen molar-refractivity contribution in [1.29, 1.82) is 0 Å². The number of benzene rings is 1. The van der Waals surface area contributed by atoms with Crippen LogP contribution in [0.4, 0.5) is 0 Å². The number of hydrogen-bond donors (Lipinski definition) is 0. The number of ether oxygens (including phenoxy) is 2. The largest absolute Gasteiger partial charge is 0.493 e. The number of halogens is 1. The van der Waals surface area contributed by atoms with Gasteiger partial charge in [-0.1, -0.05) is 22.9 Å². The van der Waals surface area contributed by atoms with Crippen molar-refractivity contribution in [1.82, 2.24) is 0 Å². The molecule has 0 radical (unpaired) electrons. The minimum absolute atomic E-state index is 0.134. The summed E-state index contributed by atoms with van der Waals surface area (Å²) in [4.78, 5) is 12.1. The lowest BCUT2D eigenvalue weighted by atomic mass is 9.82. The topological polar surface area (TPSA) is 35.5 Å². The first kappa shape index (κ1) is 12.4. The molecule has 1 aromatic carbocycles. The van der Waals surface area contributed by atoms with Gasteiger partial charge in [0.25, 0.3) is 0 Å². The Hall–Kier alpha value is -1.03. The summed E-state index contributed by atoms with van der Waals surface area (Å²) in [6.07, 6.45) is 1.46. The van der Waals surface area contributed by atoms with E-state index in [1.165, 1.54) is 0 Å². The van der Waals surface area contributed by atoms with Gasteiger partial charge in [-0.05, 0) is 24.0 Å². The molecule has 17 heavy (non-hydrogen) atoms. The third kappa shape index (κ3) is 1.95. The minimum atomic E-state index is 0.134. The van der Waals surface area contributed by atoms with Crippen molar-refractivity contribution in [3.63, 3.8) is 0 Å². The molecule has 4 heteroatoms. The Morgan fingerprint density at radius 1 is 1.35 bits per heavy atom. The van der Waals surface area contributed by atoms with E-state index in [1.807, 2.05) is 6.07 Å². The van der Waals surface area contributed by atoms with Crippen LogP contribution in [-0.2, 0) is 0 Å². The van der Waals surface area contributed by atoms with Crippen molar-refractivity contribution in [2.45, 2.75) is 25.7 Å². The summed E-state index contributed by atoms with van der Waals surface area (Å²) in [5.74, 6) is 1.65. The number of Topliss-reactive ketones (excluding diaryl/α,β-unsaturated/α-hetero) is 1. The van der Waals surface area contributed by atoms with Gasteiger partial charge < -0.3 is 9.47 Å². The monoisotopic (exact) mass is 298 g/mol. The second-order valence-electron chi connectivity index (χ2n) is 4.25. The summed E-state index contributed by atoms with van der Waals surface area (Å²) in [6.45, 7) is 2.13. The van der Waals surface area contributed by atoms with Crippen LogP contribution in [0.3, 0.4) is 0 Å². The molecule has 0 amide bonds. The van der Waals surface area contributed by atoms with Crippen LogP contribution in [0.25, 0.3) is 0 Å². The van der Waals surface area contributed by atoms with Crippen LogP contribution < -0.4 is 9.47 Å². The standard InChI is InChI=1S/C13H15BrO3/c1-7-4-5-9(15)12-11(7)8(14)6-10(16-2)13(12)17-3/h6-7H,4-5H2,1-3H3. The molecule has 0 saturated carbocycles. The maximum Gasteiger partial charge on any atom is 0.171 e. The summed E-state index contributed by atoms with van der Waals surface area (Å²) in [5, 5.41) is 0. The molecular weight excluding hydrogens is 284 g/mol. The number of carbonyl (C=O) groups is 1. The number of ketones is 1. The number of methoxy groups -OCH3 is 2. The molecular formula is C13H15BrO3. The molecule has 0 saturated heterocycles. The highest BCUT2D eigenvalue weighted by atomic mass is 79.9. The number of carbonyl (C=O) groups excluding carboxylic acids is 1. The van der Waals surface area contributed by atoms with Crippen molar-refractivity contribution in [2.75, 3.05) is 14.2 Å². The molecule has 92 valence electrons. The summed E-state index contributed by atoms with van der Waals surface area (Å²) in [6, 6.07) is 1.87. The van der Waals surface area contributed by atoms with Gasteiger partial charge >= 0.3 is 0 Å². The Morgan fingerprint density at radius 2 is 2.06 bits per heavy atom. The maximum absolute atomic E-state index is 12.1. The molecule has 0 bridgehead atoms. The lowest BCUT2D eigenvalue weighted by Crippen LogP contribution is -2.16. The van der Waals surface area contributed by atoms with E-state index in [0.29, 0.717) is 29.4 Å². The second kappa shape index (κ2) is 4.69. The third-order valence-corrected chi connectivity index (χ3v) is 3.89. The molecule has 1 aliphatic rings. The molecule has 0 spiro atoms. The first-order valence-corrected chi connectivity index (χ1v) is 6.37. The SMILES string of the molecule is COc1cc(Br)c2c(c1OC)C(=O)CCC2C. The van der Waals surface area contributed by atoms with E-state index in [9.17, 15) is 4.79 Å². The van der Waals surface area contributed by atoms with Crippen LogP contribution in [0.2, 0.25) is 0 Å². The predicted molar refractivity (Wildman–Crippen MR) is 69.2 cm³/mol. The highest BCUT2D eigenvalue weighted by Crippen LogP contribution is 2.45. The molecule has 2 rings (SSSR count). The van der Waals surface area contributed by atoms with E-state index in [4.69, 9.17) is 9.47 Å². The zero-order valence-electron chi connectivity index (χ0n) is 10.2. The first-order valence-electron chi connectivity index (χ1n) is 5.57. The molecule has 1 aliphatic carbocycles. The zero-order valence-corrected chi connectivity index (χ0v) is 11.8. The quantitative estimate of drug-likeness (QED) is 0.838. The lowest BCUT2D eigenvalue weighted by Gasteiger charge is -2.25. The van der Waals surface area contributed by atoms with E-state index in [-0.39, 0.29) is 5.78 Å². The molecule has 0 N–H and O–H groups in total. The van der Waals surface area contributed by atoms with Crippen LogP contribution in [-0.4, -0.2) is 20.0 Å². The van der Waals surface area contributed by atoms with Gasteiger partial charge in [-0.3, -0.25) is 4.79 Å². The fourth-order valence-corrected chi connectivity index (χ4v) is 3.15. The normalized spacial score (nSPS) is 18.8. The Kier molecular flexibility index (Phi) is 3.43. The zero-order chi connectivity index (χ0) is 12.6. The Bertz CT molecular complexity index is 468. The summed E-state index contributed by atoms with van der Waals surface area (Å²) < 4.78 is 11.5. The Morgan fingerprint density at radius 3 is 2.65 bits per heavy atom. The fourth-order valence-electron chi connectivity index (χ4n) is 2.35. The number of rotatable bonds is 2. The Balaban J connectivity index is 2.75.